The number of sulfonamides is 1. The van der Waals surface area contributed by atoms with E-state index in [1.165, 1.54) is 11.6 Å². The van der Waals surface area contributed by atoms with Crippen molar-refractivity contribution in [3.63, 3.8) is 0 Å². The van der Waals surface area contributed by atoms with Crippen LogP contribution < -0.4 is 0 Å². The lowest BCUT2D eigenvalue weighted by molar-refractivity contribution is -0.125. The SMILES string of the molecule is CN(Cc1cnn(Cc2ccccc2)c1)C(=O)/C=C/c1ccc(S(=O)(=O)N2CCCCCC2)cc1. The summed E-state index contributed by atoms with van der Waals surface area (Å²) < 4.78 is 29.3. The fourth-order valence-electron chi connectivity index (χ4n) is 4.17. The van der Waals surface area contributed by atoms with Crippen LogP contribution in [0.2, 0.25) is 0 Å². The van der Waals surface area contributed by atoms with Gasteiger partial charge in [0.1, 0.15) is 0 Å². The van der Waals surface area contributed by atoms with Gasteiger partial charge in [0.2, 0.25) is 15.9 Å². The molecule has 2 aromatic carbocycles. The van der Waals surface area contributed by atoms with E-state index >= 15 is 0 Å². The molecule has 8 heteroatoms. The van der Waals surface area contributed by atoms with Gasteiger partial charge in [0.15, 0.2) is 0 Å². The summed E-state index contributed by atoms with van der Waals surface area (Å²) in [7, 11) is -1.73. The summed E-state index contributed by atoms with van der Waals surface area (Å²) in [5.41, 5.74) is 2.89. The Balaban J connectivity index is 1.32. The van der Waals surface area contributed by atoms with E-state index in [-0.39, 0.29) is 5.91 Å². The Labute approximate surface area is 207 Å². The lowest BCUT2D eigenvalue weighted by atomic mass is 10.2. The Morgan fingerprint density at radius 1 is 0.971 bits per heavy atom. The Morgan fingerprint density at radius 2 is 1.66 bits per heavy atom. The number of rotatable bonds is 8. The van der Waals surface area contributed by atoms with Crippen LogP contribution in [0.5, 0.6) is 0 Å². The molecule has 2 heterocycles. The van der Waals surface area contributed by atoms with E-state index in [9.17, 15) is 13.2 Å². The molecule has 0 bridgehead atoms. The van der Waals surface area contributed by atoms with Crippen molar-refractivity contribution in [1.82, 2.24) is 19.0 Å². The molecular weight excluding hydrogens is 460 g/mol. The molecule has 1 aromatic heterocycles. The fourth-order valence-corrected chi connectivity index (χ4v) is 5.69. The van der Waals surface area contributed by atoms with E-state index in [0.29, 0.717) is 31.1 Å². The second kappa shape index (κ2) is 11.5. The second-order valence-electron chi connectivity index (χ2n) is 8.95. The van der Waals surface area contributed by atoms with Crippen molar-refractivity contribution >= 4 is 22.0 Å². The summed E-state index contributed by atoms with van der Waals surface area (Å²) in [5, 5.41) is 4.39. The van der Waals surface area contributed by atoms with Crippen LogP contribution in [0.25, 0.3) is 6.08 Å². The third kappa shape index (κ3) is 6.68. The van der Waals surface area contributed by atoms with E-state index in [0.717, 1.165) is 36.8 Å². The largest absolute Gasteiger partial charge is 0.338 e. The van der Waals surface area contributed by atoms with Crippen LogP contribution in [0.1, 0.15) is 42.4 Å². The summed E-state index contributed by atoms with van der Waals surface area (Å²) in [6, 6.07) is 16.8. The van der Waals surface area contributed by atoms with Gasteiger partial charge < -0.3 is 4.90 Å². The molecule has 0 unspecified atom stereocenters. The van der Waals surface area contributed by atoms with Crippen LogP contribution in [-0.4, -0.2) is 53.4 Å². The predicted octanol–water partition coefficient (Wildman–Crippen LogP) is 4.17. The molecule has 0 N–H and O–H groups in total. The predicted molar refractivity (Wildman–Crippen MR) is 137 cm³/mol. The highest BCUT2D eigenvalue weighted by Crippen LogP contribution is 2.21. The molecule has 3 aromatic rings. The van der Waals surface area contributed by atoms with Crippen molar-refractivity contribution < 1.29 is 13.2 Å². The molecule has 4 rings (SSSR count). The highest BCUT2D eigenvalue weighted by Gasteiger charge is 2.24. The summed E-state index contributed by atoms with van der Waals surface area (Å²) in [6.45, 7) is 2.29. The van der Waals surface area contributed by atoms with Crippen molar-refractivity contribution in [2.24, 2.45) is 0 Å². The Kier molecular flexibility index (Phi) is 8.15. The van der Waals surface area contributed by atoms with Crippen molar-refractivity contribution in [2.75, 3.05) is 20.1 Å². The summed E-state index contributed by atoms with van der Waals surface area (Å²) in [5.74, 6) is -0.137. The van der Waals surface area contributed by atoms with Gasteiger partial charge in [-0.15, -0.1) is 0 Å². The van der Waals surface area contributed by atoms with Gasteiger partial charge in [-0.3, -0.25) is 9.48 Å². The number of nitrogens with zero attached hydrogens (tertiary/aromatic N) is 4. The molecule has 184 valence electrons. The van der Waals surface area contributed by atoms with E-state index in [1.54, 1.807) is 52.8 Å². The minimum Gasteiger partial charge on any atom is -0.338 e. The summed E-state index contributed by atoms with van der Waals surface area (Å²) >= 11 is 0. The molecular formula is C27H32N4O3S. The highest BCUT2D eigenvalue weighted by atomic mass is 32.2. The third-order valence-corrected chi connectivity index (χ3v) is 8.08. The maximum Gasteiger partial charge on any atom is 0.246 e. The van der Waals surface area contributed by atoms with Gasteiger partial charge in [0, 0.05) is 44.5 Å². The number of likely N-dealkylation sites (N-methyl/N-ethyl adjacent to an activating group) is 1. The van der Waals surface area contributed by atoms with Gasteiger partial charge in [0.25, 0.3) is 0 Å². The van der Waals surface area contributed by atoms with Gasteiger partial charge in [-0.1, -0.05) is 55.3 Å². The standard InChI is InChI=1S/C27H32N4O3S/c1-29(20-25-19-28-30(22-25)21-24-9-5-4-6-10-24)27(32)16-13-23-11-14-26(15-12-23)35(33,34)31-17-7-2-3-8-18-31/h4-6,9-16,19,22H,2-3,7-8,17-18,20-21H2,1H3/b16-13+. The van der Waals surface area contributed by atoms with E-state index in [2.05, 4.69) is 17.2 Å². The number of carbonyl (C=O) groups excluding carboxylic acids is 1. The van der Waals surface area contributed by atoms with Gasteiger partial charge in [-0.2, -0.15) is 9.40 Å². The minimum atomic E-state index is -3.47. The topological polar surface area (TPSA) is 75.5 Å². The molecule has 1 aliphatic rings. The molecule has 1 amide bonds. The van der Waals surface area contributed by atoms with Crippen molar-refractivity contribution in [2.45, 2.75) is 43.7 Å². The first kappa shape index (κ1) is 24.9. The number of amides is 1. The highest BCUT2D eigenvalue weighted by molar-refractivity contribution is 7.89. The minimum absolute atomic E-state index is 0.137. The van der Waals surface area contributed by atoms with Crippen molar-refractivity contribution in [1.29, 1.82) is 0 Å². The molecule has 0 saturated carbocycles. The first-order valence-electron chi connectivity index (χ1n) is 12.0. The maximum atomic E-state index is 12.9. The number of benzene rings is 2. The van der Waals surface area contributed by atoms with Gasteiger partial charge >= 0.3 is 0 Å². The molecule has 0 aliphatic carbocycles. The Bertz CT molecular complexity index is 1240. The van der Waals surface area contributed by atoms with Crippen LogP contribution in [0.15, 0.2) is 78.0 Å². The van der Waals surface area contributed by atoms with Crippen LogP contribution >= 0.6 is 0 Å². The number of aromatic nitrogens is 2. The molecule has 0 spiro atoms. The normalized spacial score (nSPS) is 15.2. The molecule has 35 heavy (non-hydrogen) atoms. The van der Waals surface area contributed by atoms with Crippen LogP contribution in [0, 0.1) is 0 Å². The summed E-state index contributed by atoms with van der Waals surface area (Å²) in [4.78, 5) is 14.5. The number of carbonyl (C=O) groups is 1. The van der Waals surface area contributed by atoms with Gasteiger partial charge in [-0.25, -0.2) is 8.42 Å². The monoisotopic (exact) mass is 492 g/mol. The molecule has 0 radical (unpaired) electrons. The third-order valence-electron chi connectivity index (χ3n) is 6.17. The average molecular weight is 493 g/mol. The van der Waals surface area contributed by atoms with Gasteiger partial charge in [0.05, 0.1) is 17.6 Å². The number of hydrogen-bond acceptors (Lipinski definition) is 4. The smallest absolute Gasteiger partial charge is 0.246 e. The van der Waals surface area contributed by atoms with Crippen molar-refractivity contribution in [3.8, 4) is 0 Å². The quantitative estimate of drug-likeness (QED) is 0.443. The first-order chi connectivity index (χ1) is 16.9. The average Bonchev–Trinajstić information content (AvgIpc) is 3.11. The zero-order valence-corrected chi connectivity index (χ0v) is 20.9. The van der Waals surface area contributed by atoms with Crippen molar-refractivity contribution in [3.05, 3.63) is 89.8 Å². The molecule has 7 nitrogen and oxygen atoms in total. The lowest BCUT2D eigenvalue weighted by Gasteiger charge is -2.19. The first-order valence-corrected chi connectivity index (χ1v) is 13.4. The zero-order chi connectivity index (χ0) is 24.7. The van der Waals surface area contributed by atoms with E-state index < -0.39 is 10.0 Å². The molecule has 1 fully saturated rings. The molecule has 0 atom stereocenters. The zero-order valence-electron chi connectivity index (χ0n) is 20.1. The van der Waals surface area contributed by atoms with E-state index in [1.807, 2.05) is 29.1 Å². The maximum absolute atomic E-state index is 12.9. The van der Waals surface area contributed by atoms with Gasteiger partial charge in [-0.05, 0) is 42.2 Å². The van der Waals surface area contributed by atoms with Crippen LogP contribution in [0.4, 0.5) is 0 Å². The van der Waals surface area contributed by atoms with Crippen LogP contribution in [-0.2, 0) is 27.9 Å². The molecule has 1 aliphatic heterocycles. The van der Waals surface area contributed by atoms with Crippen LogP contribution in [0.3, 0.4) is 0 Å². The lowest BCUT2D eigenvalue weighted by Crippen LogP contribution is -2.31. The molecule has 1 saturated heterocycles. The fraction of sp³-hybridized carbons (Fsp3) is 0.333. The Hall–Kier alpha value is -3.23. The number of hydrogen-bond donors (Lipinski definition) is 0. The summed E-state index contributed by atoms with van der Waals surface area (Å²) in [6.07, 6.45) is 10.9. The van der Waals surface area contributed by atoms with E-state index in [4.69, 9.17) is 0 Å². The Morgan fingerprint density at radius 3 is 2.34 bits per heavy atom. The second-order valence-corrected chi connectivity index (χ2v) is 10.9.